The Morgan fingerprint density at radius 1 is 1.26 bits per heavy atom. The fourth-order valence-corrected chi connectivity index (χ4v) is 2.30. The SMILES string of the molecule is CC(C)n1nccc1-c1nnc(NC(=O)/C=C\c2ccc([N+](=O)[O-])cc2)o1. The minimum Gasteiger partial charge on any atom is -0.401 e. The van der Waals surface area contributed by atoms with Gasteiger partial charge in [-0.15, -0.1) is 5.10 Å². The number of nitro benzene ring substituents is 1. The molecule has 1 amide bonds. The molecule has 0 fully saturated rings. The number of benzene rings is 1. The largest absolute Gasteiger partial charge is 0.401 e. The molecule has 138 valence electrons. The highest BCUT2D eigenvalue weighted by Crippen LogP contribution is 2.22. The van der Waals surface area contributed by atoms with Crippen molar-refractivity contribution in [2.75, 3.05) is 5.32 Å². The molecule has 0 unspecified atom stereocenters. The van der Waals surface area contributed by atoms with Crippen LogP contribution in [0.25, 0.3) is 17.7 Å². The summed E-state index contributed by atoms with van der Waals surface area (Å²) in [5.41, 5.74) is 1.28. The number of nitrogens with one attached hydrogen (secondary N) is 1. The maximum absolute atomic E-state index is 12.0. The van der Waals surface area contributed by atoms with Gasteiger partial charge in [-0.1, -0.05) is 5.10 Å². The first kappa shape index (κ1) is 18.0. The van der Waals surface area contributed by atoms with Gasteiger partial charge >= 0.3 is 6.01 Å². The predicted octanol–water partition coefficient (Wildman–Crippen LogP) is 3.07. The van der Waals surface area contributed by atoms with Crippen LogP contribution in [0.2, 0.25) is 0 Å². The van der Waals surface area contributed by atoms with Crippen LogP contribution in [-0.2, 0) is 4.79 Å². The summed E-state index contributed by atoms with van der Waals surface area (Å²) in [6, 6.07) is 7.62. The van der Waals surface area contributed by atoms with E-state index >= 15 is 0 Å². The number of rotatable bonds is 6. The number of anilines is 1. The van der Waals surface area contributed by atoms with E-state index in [1.807, 2.05) is 13.8 Å². The van der Waals surface area contributed by atoms with Gasteiger partial charge in [0, 0.05) is 30.4 Å². The highest BCUT2D eigenvalue weighted by atomic mass is 16.6. The standard InChI is InChI=1S/C17H16N6O4/c1-11(2)22-14(9-10-18-22)16-20-21-17(27-16)19-15(24)8-5-12-3-6-13(7-4-12)23(25)26/h3-11H,1-2H3,(H,19,21,24)/b8-5-. The second-order valence-electron chi connectivity index (χ2n) is 5.84. The Bertz CT molecular complexity index is 987. The predicted molar refractivity (Wildman–Crippen MR) is 96.7 cm³/mol. The quantitative estimate of drug-likeness (QED) is 0.402. The van der Waals surface area contributed by atoms with Gasteiger partial charge in [0.25, 0.3) is 17.5 Å². The zero-order valence-electron chi connectivity index (χ0n) is 14.6. The van der Waals surface area contributed by atoms with Crippen LogP contribution in [-0.4, -0.2) is 30.8 Å². The lowest BCUT2D eigenvalue weighted by molar-refractivity contribution is -0.384. The van der Waals surface area contributed by atoms with Gasteiger partial charge in [0.2, 0.25) is 0 Å². The van der Waals surface area contributed by atoms with Gasteiger partial charge in [-0.05, 0) is 43.7 Å². The van der Waals surface area contributed by atoms with E-state index < -0.39 is 10.8 Å². The number of nitrogens with zero attached hydrogens (tertiary/aromatic N) is 5. The van der Waals surface area contributed by atoms with Gasteiger partial charge in [0.15, 0.2) is 0 Å². The molecule has 2 aromatic heterocycles. The number of non-ortho nitro benzene ring substituents is 1. The molecule has 10 nitrogen and oxygen atoms in total. The second-order valence-corrected chi connectivity index (χ2v) is 5.84. The van der Waals surface area contributed by atoms with Crippen molar-refractivity contribution in [1.29, 1.82) is 0 Å². The van der Waals surface area contributed by atoms with Crippen molar-refractivity contribution in [3.63, 3.8) is 0 Å². The molecule has 1 aromatic carbocycles. The number of hydrogen-bond donors (Lipinski definition) is 1. The van der Waals surface area contributed by atoms with E-state index in [2.05, 4.69) is 20.6 Å². The van der Waals surface area contributed by atoms with E-state index in [0.29, 0.717) is 11.3 Å². The molecule has 27 heavy (non-hydrogen) atoms. The summed E-state index contributed by atoms with van der Waals surface area (Å²) in [5, 5.41) is 25.0. The van der Waals surface area contributed by atoms with E-state index in [0.717, 1.165) is 0 Å². The zero-order valence-corrected chi connectivity index (χ0v) is 14.6. The van der Waals surface area contributed by atoms with Crippen molar-refractivity contribution < 1.29 is 14.1 Å². The highest BCUT2D eigenvalue weighted by Gasteiger charge is 2.15. The molecule has 0 atom stereocenters. The number of carbonyl (C=O) groups is 1. The molecule has 0 spiro atoms. The lowest BCUT2D eigenvalue weighted by Crippen LogP contribution is -2.07. The Morgan fingerprint density at radius 2 is 2.00 bits per heavy atom. The zero-order chi connectivity index (χ0) is 19.4. The monoisotopic (exact) mass is 368 g/mol. The van der Waals surface area contributed by atoms with Gasteiger partial charge in [0.1, 0.15) is 5.69 Å². The highest BCUT2D eigenvalue weighted by molar-refractivity contribution is 6.00. The van der Waals surface area contributed by atoms with Crippen LogP contribution in [0.5, 0.6) is 0 Å². The van der Waals surface area contributed by atoms with Crippen LogP contribution in [0.3, 0.4) is 0 Å². The topological polar surface area (TPSA) is 129 Å². The van der Waals surface area contributed by atoms with Gasteiger partial charge in [-0.25, -0.2) is 0 Å². The minimum atomic E-state index is -0.487. The smallest absolute Gasteiger partial charge is 0.322 e. The Hall–Kier alpha value is -3.82. The lowest BCUT2D eigenvalue weighted by atomic mass is 10.2. The van der Waals surface area contributed by atoms with Crippen molar-refractivity contribution in [2.45, 2.75) is 19.9 Å². The van der Waals surface area contributed by atoms with Crippen LogP contribution in [0.15, 0.2) is 47.0 Å². The summed E-state index contributed by atoms with van der Waals surface area (Å²) in [7, 11) is 0. The van der Waals surface area contributed by atoms with E-state index in [1.54, 1.807) is 29.1 Å². The molecular weight excluding hydrogens is 352 g/mol. The third-order valence-electron chi connectivity index (χ3n) is 3.56. The van der Waals surface area contributed by atoms with Crippen LogP contribution < -0.4 is 5.32 Å². The van der Waals surface area contributed by atoms with E-state index in [-0.39, 0.29) is 23.6 Å². The molecule has 0 bridgehead atoms. The van der Waals surface area contributed by atoms with Gasteiger partial charge < -0.3 is 4.42 Å². The van der Waals surface area contributed by atoms with Crippen molar-refractivity contribution in [1.82, 2.24) is 20.0 Å². The maximum atomic E-state index is 12.0. The van der Waals surface area contributed by atoms with Crippen molar-refractivity contribution >= 4 is 23.7 Å². The summed E-state index contributed by atoms with van der Waals surface area (Å²) >= 11 is 0. The number of hydrogen-bond acceptors (Lipinski definition) is 7. The van der Waals surface area contributed by atoms with Crippen LogP contribution >= 0.6 is 0 Å². The molecular formula is C17H16N6O4. The molecule has 0 saturated heterocycles. The Kier molecular flexibility index (Phi) is 5.06. The van der Waals surface area contributed by atoms with Crippen LogP contribution in [0.4, 0.5) is 11.7 Å². The van der Waals surface area contributed by atoms with Crippen LogP contribution in [0.1, 0.15) is 25.5 Å². The first-order chi connectivity index (χ1) is 12.9. The molecule has 0 aliphatic carbocycles. The molecule has 0 aliphatic heterocycles. The van der Waals surface area contributed by atoms with Crippen molar-refractivity contribution in [2.24, 2.45) is 0 Å². The third-order valence-corrected chi connectivity index (χ3v) is 3.56. The van der Waals surface area contributed by atoms with Crippen molar-refractivity contribution in [3.8, 4) is 11.6 Å². The number of carbonyl (C=O) groups excluding carboxylic acids is 1. The molecule has 10 heteroatoms. The van der Waals surface area contributed by atoms with Gasteiger partial charge in [-0.3, -0.25) is 24.9 Å². The van der Waals surface area contributed by atoms with E-state index in [4.69, 9.17) is 4.42 Å². The molecule has 0 aliphatic rings. The lowest BCUT2D eigenvalue weighted by Gasteiger charge is -2.07. The van der Waals surface area contributed by atoms with Gasteiger partial charge in [0.05, 0.1) is 4.92 Å². The summed E-state index contributed by atoms with van der Waals surface area (Å²) < 4.78 is 7.19. The molecule has 0 saturated carbocycles. The summed E-state index contributed by atoms with van der Waals surface area (Å²) in [6.45, 7) is 3.94. The Balaban J connectivity index is 1.65. The third kappa shape index (κ3) is 4.24. The van der Waals surface area contributed by atoms with E-state index in [1.165, 1.54) is 24.3 Å². The molecule has 3 rings (SSSR count). The molecule has 3 aromatic rings. The summed E-state index contributed by atoms with van der Waals surface area (Å²) in [5.74, 6) is -0.225. The fraction of sp³-hybridized carbons (Fsp3) is 0.176. The van der Waals surface area contributed by atoms with E-state index in [9.17, 15) is 14.9 Å². The summed E-state index contributed by atoms with van der Waals surface area (Å²) in [4.78, 5) is 22.1. The average Bonchev–Trinajstić information content (AvgIpc) is 3.29. The number of amides is 1. The summed E-state index contributed by atoms with van der Waals surface area (Å²) in [6.07, 6.45) is 4.41. The number of aromatic nitrogens is 4. The first-order valence-electron chi connectivity index (χ1n) is 8.05. The molecule has 2 heterocycles. The molecule has 0 radical (unpaired) electrons. The minimum absolute atomic E-state index is 0.0179. The number of nitro groups is 1. The Labute approximate surface area is 153 Å². The average molecular weight is 368 g/mol. The van der Waals surface area contributed by atoms with Gasteiger partial charge in [-0.2, -0.15) is 5.10 Å². The fourth-order valence-electron chi connectivity index (χ4n) is 2.30. The first-order valence-corrected chi connectivity index (χ1v) is 8.05. The Morgan fingerprint density at radius 3 is 2.67 bits per heavy atom. The maximum Gasteiger partial charge on any atom is 0.322 e. The van der Waals surface area contributed by atoms with Crippen molar-refractivity contribution in [3.05, 3.63) is 58.3 Å². The molecule has 1 N–H and O–H groups in total. The normalized spacial score (nSPS) is 11.2. The second kappa shape index (κ2) is 7.60. The van der Waals surface area contributed by atoms with Crippen LogP contribution in [0, 0.1) is 10.1 Å².